The van der Waals surface area contributed by atoms with E-state index in [4.69, 9.17) is 17.3 Å². The van der Waals surface area contributed by atoms with Gasteiger partial charge in [0.15, 0.2) is 0 Å². The molecule has 0 aliphatic carbocycles. The Bertz CT molecular complexity index is 601. The minimum atomic E-state index is -0.0571. The summed E-state index contributed by atoms with van der Waals surface area (Å²) in [7, 11) is 5.26. The number of hydrogen-bond donors (Lipinski definition) is 1. The summed E-state index contributed by atoms with van der Waals surface area (Å²) in [6.45, 7) is 0. The minimum Gasteiger partial charge on any atom is -0.399 e. The lowest BCUT2D eigenvalue weighted by Crippen LogP contribution is -2.23. The predicted octanol–water partition coefficient (Wildman–Crippen LogP) is 2.12. The highest BCUT2D eigenvalue weighted by Gasteiger charge is 2.16. The highest BCUT2D eigenvalue weighted by Crippen LogP contribution is 2.29. The topological polar surface area (TPSA) is 51.3 Å². The number of nitrogen functional groups attached to an aromatic ring is 1. The lowest BCUT2D eigenvalue weighted by molar-refractivity contribution is 0.0819. The van der Waals surface area contributed by atoms with Crippen molar-refractivity contribution in [2.24, 2.45) is 7.05 Å². The van der Waals surface area contributed by atoms with Crippen molar-refractivity contribution >= 4 is 34.1 Å². The van der Waals surface area contributed by atoms with Crippen molar-refractivity contribution in [3.05, 3.63) is 28.9 Å². The quantitative estimate of drug-likeness (QED) is 0.790. The highest BCUT2D eigenvalue weighted by molar-refractivity contribution is 6.35. The average molecular weight is 252 g/mol. The fraction of sp³-hybridized carbons (Fsp3) is 0.250. The van der Waals surface area contributed by atoms with E-state index in [1.165, 1.54) is 4.90 Å². The molecule has 2 rings (SSSR count). The Hall–Kier alpha value is -1.68. The SMILES string of the molecule is CN(C)C(=O)c1cc2cc(N)cc(Cl)c2n1C. The number of amides is 1. The van der Waals surface area contributed by atoms with E-state index in [1.807, 2.05) is 13.1 Å². The van der Waals surface area contributed by atoms with E-state index in [2.05, 4.69) is 0 Å². The smallest absolute Gasteiger partial charge is 0.269 e. The molecule has 0 unspecified atom stereocenters. The van der Waals surface area contributed by atoms with E-state index in [0.29, 0.717) is 16.4 Å². The molecule has 1 amide bonds. The molecule has 1 heterocycles. The summed E-state index contributed by atoms with van der Waals surface area (Å²) in [5.41, 5.74) is 7.75. The molecule has 0 saturated heterocycles. The fourth-order valence-corrected chi connectivity index (χ4v) is 2.27. The third-order valence-electron chi connectivity index (χ3n) is 2.73. The van der Waals surface area contributed by atoms with Crippen molar-refractivity contribution < 1.29 is 4.79 Å². The molecule has 0 fully saturated rings. The van der Waals surface area contributed by atoms with E-state index >= 15 is 0 Å². The largest absolute Gasteiger partial charge is 0.399 e. The van der Waals surface area contributed by atoms with Crippen molar-refractivity contribution in [3.63, 3.8) is 0 Å². The number of aromatic nitrogens is 1. The molecule has 90 valence electrons. The summed E-state index contributed by atoms with van der Waals surface area (Å²) in [5.74, 6) is -0.0571. The molecule has 17 heavy (non-hydrogen) atoms. The number of fused-ring (bicyclic) bond motifs is 1. The molecule has 1 aromatic carbocycles. The summed E-state index contributed by atoms with van der Waals surface area (Å²) >= 11 is 6.14. The van der Waals surface area contributed by atoms with Crippen LogP contribution in [-0.4, -0.2) is 29.5 Å². The Morgan fingerprint density at radius 3 is 2.59 bits per heavy atom. The monoisotopic (exact) mass is 251 g/mol. The first kappa shape index (κ1) is 11.8. The summed E-state index contributed by atoms with van der Waals surface area (Å²) in [6, 6.07) is 5.31. The van der Waals surface area contributed by atoms with Gasteiger partial charge in [-0.15, -0.1) is 0 Å². The third-order valence-corrected chi connectivity index (χ3v) is 3.02. The number of carbonyl (C=O) groups is 1. The van der Waals surface area contributed by atoms with Crippen LogP contribution in [0.25, 0.3) is 10.9 Å². The first-order valence-corrected chi connectivity index (χ1v) is 5.55. The van der Waals surface area contributed by atoms with Crippen molar-refractivity contribution in [2.75, 3.05) is 19.8 Å². The van der Waals surface area contributed by atoms with Gasteiger partial charge in [-0.1, -0.05) is 11.6 Å². The number of halogens is 1. The lowest BCUT2D eigenvalue weighted by Gasteiger charge is -2.11. The van der Waals surface area contributed by atoms with Gasteiger partial charge in [0.2, 0.25) is 0 Å². The van der Waals surface area contributed by atoms with E-state index in [9.17, 15) is 4.79 Å². The molecule has 4 nitrogen and oxygen atoms in total. The third kappa shape index (κ3) is 1.85. The van der Waals surface area contributed by atoms with Crippen molar-refractivity contribution in [2.45, 2.75) is 0 Å². The number of anilines is 1. The zero-order chi connectivity index (χ0) is 12.7. The number of nitrogens with zero attached hydrogens (tertiary/aromatic N) is 2. The van der Waals surface area contributed by atoms with Gasteiger partial charge in [-0.05, 0) is 18.2 Å². The second kappa shape index (κ2) is 3.96. The molecule has 0 spiro atoms. The molecule has 2 aromatic rings. The van der Waals surface area contributed by atoms with Gasteiger partial charge < -0.3 is 15.2 Å². The maximum absolute atomic E-state index is 12.0. The summed E-state index contributed by atoms with van der Waals surface area (Å²) in [5, 5.41) is 1.43. The molecular weight excluding hydrogens is 238 g/mol. The van der Waals surface area contributed by atoms with Crippen LogP contribution < -0.4 is 5.73 Å². The standard InChI is InChI=1S/C12H14ClN3O/c1-15(2)12(17)10-5-7-4-8(14)6-9(13)11(7)16(10)3/h4-6H,14H2,1-3H3. The molecule has 0 aliphatic rings. The van der Waals surface area contributed by atoms with Crippen LogP contribution in [0.2, 0.25) is 5.02 Å². The first-order valence-electron chi connectivity index (χ1n) is 5.18. The number of carbonyl (C=O) groups excluding carboxylic acids is 1. The number of hydrogen-bond acceptors (Lipinski definition) is 2. The zero-order valence-electron chi connectivity index (χ0n) is 9.99. The second-order valence-electron chi connectivity index (χ2n) is 4.23. The van der Waals surface area contributed by atoms with Crippen LogP contribution in [0, 0.1) is 0 Å². The van der Waals surface area contributed by atoms with Gasteiger partial charge in [0.05, 0.1) is 10.5 Å². The first-order chi connectivity index (χ1) is 7.91. The molecule has 1 aromatic heterocycles. The van der Waals surface area contributed by atoms with Crippen LogP contribution in [0.4, 0.5) is 5.69 Å². The van der Waals surface area contributed by atoms with Gasteiger partial charge in [-0.25, -0.2) is 0 Å². The van der Waals surface area contributed by atoms with Crippen LogP contribution in [0.1, 0.15) is 10.5 Å². The molecule has 0 radical (unpaired) electrons. The predicted molar refractivity (Wildman–Crippen MR) is 70.4 cm³/mol. The molecule has 0 bridgehead atoms. The van der Waals surface area contributed by atoms with Crippen molar-refractivity contribution in [1.29, 1.82) is 0 Å². The van der Waals surface area contributed by atoms with Crippen LogP contribution in [0.3, 0.4) is 0 Å². The maximum atomic E-state index is 12.0. The highest BCUT2D eigenvalue weighted by atomic mass is 35.5. The Labute approximate surface area is 105 Å². The Balaban J connectivity index is 2.73. The Morgan fingerprint density at radius 2 is 2.00 bits per heavy atom. The molecular formula is C12H14ClN3O. The van der Waals surface area contributed by atoms with Crippen LogP contribution in [0.15, 0.2) is 18.2 Å². The van der Waals surface area contributed by atoms with Gasteiger partial charge >= 0.3 is 0 Å². The second-order valence-corrected chi connectivity index (χ2v) is 4.64. The van der Waals surface area contributed by atoms with Crippen LogP contribution >= 0.6 is 11.6 Å². The number of rotatable bonds is 1. The maximum Gasteiger partial charge on any atom is 0.269 e. The number of aryl methyl sites for hydroxylation is 1. The van der Waals surface area contributed by atoms with E-state index in [1.54, 1.807) is 30.8 Å². The van der Waals surface area contributed by atoms with Crippen molar-refractivity contribution in [1.82, 2.24) is 9.47 Å². The molecule has 5 heteroatoms. The molecule has 0 aliphatic heterocycles. The Kier molecular flexibility index (Phi) is 2.75. The Morgan fingerprint density at radius 1 is 1.35 bits per heavy atom. The number of benzene rings is 1. The van der Waals surface area contributed by atoms with Gasteiger partial charge in [-0.3, -0.25) is 4.79 Å². The van der Waals surface area contributed by atoms with E-state index in [-0.39, 0.29) is 5.91 Å². The van der Waals surface area contributed by atoms with Gasteiger partial charge in [0, 0.05) is 32.2 Å². The van der Waals surface area contributed by atoms with E-state index < -0.39 is 0 Å². The summed E-state index contributed by atoms with van der Waals surface area (Å²) < 4.78 is 1.79. The molecule has 0 saturated carbocycles. The molecule has 0 atom stereocenters. The minimum absolute atomic E-state index is 0.0571. The summed E-state index contributed by atoms with van der Waals surface area (Å²) in [6.07, 6.45) is 0. The average Bonchev–Trinajstić information content (AvgIpc) is 2.54. The van der Waals surface area contributed by atoms with Gasteiger partial charge in [-0.2, -0.15) is 0 Å². The van der Waals surface area contributed by atoms with E-state index in [0.717, 1.165) is 10.9 Å². The van der Waals surface area contributed by atoms with Gasteiger partial charge in [0.25, 0.3) is 5.91 Å². The summed E-state index contributed by atoms with van der Waals surface area (Å²) in [4.78, 5) is 13.5. The zero-order valence-corrected chi connectivity index (χ0v) is 10.7. The fourth-order valence-electron chi connectivity index (χ4n) is 1.90. The van der Waals surface area contributed by atoms with Crippen molar-refractivity contribution in [3.8, 4) is 0 Å². The van der Waals surface area contributed by atoms with Gasteiger partial charge in [0.1, 0.15) is 5.69 Å². The van der Waals surface area contributed by atoms with Crippen LogP contribution in [-0.2, 0) is 7.05 Å². The van der Waals surface area contributed by atoms with Crippen LogP contribution in [0.5, 0.6) is 0 Å². The normalized spacial score (nSPS) is 10.8. The lowest BCUT2D eigenvalue weighted by atomic mass is 10.2. The molecule has 2 N–H and O–H groups in total. The number of nitrogens with two attached hydrogens (primary N) is 1.